The number of hydrogen-bond acceptors (Lipinski definition) is 6. The zero-order chi connectivity index (χ0) is 24.5. The van der Waals surface area contributed by atoms with Crippen LogP contribution >= 0.6 is 0 Å². The van der Waals surface area contributed by atoms with Gasteiger partial charge in [-0.2, -0.15) is 0 Å². The normalized spacial score (nSPS) is 14.8. The molecule has 182 valence electrons. The number of hydrogen-bond donors (Lipinski definition) is 0. The summed E-state index contributed by atoms with van der Waals surface area (Å²) in [6.45, 7) is 16.0. The van der Waals surface area contributed by atoms with Crippen molar-refractivity contribution < 1.29 is 9.53 Å². The number of carbonyl (C=O) groups excluding carboxylic acids is 1. The standard InChI is InChI=1S/C26H37N5O2Si/c1-26(2,3)24(32)20-17-31(18-33-13-14-34(4,5)6)25-23(20)29-22(16-28-25)21-15-19(9-10-27-21)30-11-7-8-12-30/h9-10,15-17H,7-8,11-14,18H2,1-6H3. The van der Waals surface area contributed by atoms with E-state index in [1.807, 2.05) is 43.8 Å². The molecule has 0 radical (unpaired) electrons. The van der Waals surface area contributed by atoms with Crippen molar-refractivity contribution in [2.75, 3.05) is 24.6 Å². The molecule has 1 aliphatic heterocycles. The van der Waals surface area contributed by atoms with Crippen molar-refractivity contribution in [2.24, 2.45) is 5.41 Å². The number of ether oxygens (including phenoxy) is 1. The number of aromatic nitrogens is 4. The van der Waals surface area contributed by atoms with Gasteiger partial charge in [0, 0.05) is 51.3 Å². The number of fused-ring (bicyclic) bond motifs is 1. The highest BCUT2D eigenvalue weighted by Gasteiger charge is 2.28. The highest BCUT2D eigenvalue weighted by molar-refractivity contribution is 6.76. The molecule has 8 heteroatoms. The lowest BCUT2D eigenvalue weighted by atomic mass is 9.87. The first-order chi connectivity index (χ1) is 16.0. The van der Waals surface area contributed by atoms with E-state index in [1.54, 1.807) is 6.20 Å². The number of ketones is 1. The van der Waals surface area contributed by atoms with Gasteiger partial charge in [0.05, 0.1) is 17.5 Å². The van der Waals surface area contributed by atoms with Crippen molar-refractivity contribution >= 4 is 30.7 Å². The Balaban J connectivity index is 1.69. The van der Waals surface area contributed by atoms with Gasteiger partial charge in [0.25, 0.3) is 0 Å². The minimum atomic E-state index is -1.17. The number of carbonyl (C=O) groups is 1. The first kappa shape index (κ1) is 24.5. The Hall–Kier alpha value is -2.58. The lowest BCUT2D eigenvalue weighted by molar-refractivity contribution is 0.0849. The molecular weight excluding hydrogens is 442 g/mol. The van der Waals surface area contributed by atoms with Crippen molar-refractivity contribution in [3.8, 4) is 11.4 Å². The Kier molecular flexibility index (Phi) is 6.91. The summed E-state index contributed by atoms with van der Waals surface area (Å²) >= 11 is 0. The Bertz CT molecular complexity index is 1170. The van der Waals surface area contributed by atoms with Crippen LogP contribution < -0.4 is 4.90 Å². The summed E-state index contributed by atoms with van der Waals surface area (Å²) < 4.78 is 7.88. The van der Waals surface area contributed by atoms with Gasteiger partial charge in [-0.15, -0.1) is 0 Å². The van der Waals surface area contributed by atoms with E-state index >= 15 is 0 Å². The molecule has 3 aromatic rings. The molecule has 1 saturated heterocycles. The summed E-state index contributed by atoms with van der Waals surface area (Å²) in [7, 11) is -1.17. The SMILES string of the molecule is CC(C)(C)C(=O)c1cn(COCC[Si](C)(C)C)c2ncc(-c3cc(N4CCCC4)ccn3)nc12. The van der Waals surface area contributed by atoms with Crippen molar-refractivity contribution in [1.82, 2.24) is 19.5 Å². The molecule has 1 fully saturated rings. The molecule has 4 rings (SSSR count). The van der Waals surface area contributed by atoms with E-state index in [0.29, 0.717) is 35.8 Å². The number of anilines is 1. The Morgan fingerprint density at radius 3 is 2.53 bits per heavy atom. The van der Waals surface area contributed by atoms with Crippen molar-refractivity contribution in [3.63, 3.8) is 0 Å². The topological polar surface area (TPSA) is 73.1 Å². The van der Waals surface area contributed by atoms with Gasteiger partial charge in [-0.1, -0.05) is 40.4 Å². The molecule has 0 aromatic carbocycles. The quantitative estimate of drug-likeness (QED) is 0.237. The highest BCUT2D eigenvalue weighted by atomic mass is 28.3. The van der Waals surface area contributed by atoms with E-state index in [-0.39, 0.29) is 5.78 Å². The summed E-state index contributed by atoms with van der Waals surface area (Å²) in [6, 6.07) is 5.21. The van der Waals surface area contributed by atoms with Gasteiger partial charge in [-0.25, -0.2) is 9.97 Å². The minimum absolute atomic E-state index is 0.0450. The summed E-state index contributed by atoms with van der Waals surface area (Å²) in [6.07, 6.45) is 7.87. The molecule has 0 unspecified atom stereocenters. The van der Waals surface area contributed by atoms with Crippen LogP contribution in [0.1, 0.15) is 44.0 Å². The van der Waals surface area contributed by atoms with Crippen LogP contribution in [-0.4, -0.2) is 53.1 Å². The van der Waals surface area contributed by atoms with E-state index in [2.05, 4.69) is 35.6 Å². The zero-order valence-corrected chi connectivity index (χ0v) is 22.4. The third-order valence-corrected chi connectivity index (χ3v) is 7.90. The van der Waals surface area contributed by atoms with Gasteiger partial charge >= 0.3 is 0 Å². The number of nitrogens with zero attached hydrogens (tertiary/aromatic N) is 5. The third kappa shape index (κ3) is 5.55. The lowest BCUT2D eigenvalue weighted by Crippen LogP contribution is -2.22. The highest BCUT2D eigenvalue weighted by Crippen LogP contribution is 2.29. The van der Waals surface area contributed by atoms with E-state index < -0.39 is 13.5 Å². The predicted molar refractivity (Wildman–Crippen MR) is 140 cm³/mol. The van der Waals surface area contributed by atoms with Crippen LogP contribution in [0.3, 0.4) is 0 Å². The molecule has 0 aliphatic carbocycles. The van der Waals surface area contributed by atoms with E-state index in [1.165, 1.54) is 12.8 Å². The molecule has 3 aromatic heterocycles. The van der Waals surface area contributed by atoms with Gasteiger partial charge in [0.1, 0.15) is 17.9 Å². The zero-order valence-electron chi connectivity index (χ0n) is 21.4. The molecule has 7 nitrogen and oxygen atoms in total. The minimum Gasteiger partial charge on any atom is -0.371 e. The number of pyridine rings is 1. The van der Waals surface area contributed by atoms with Crippen LogP contribution in [0.4, 0.5) is 5.69 Å². The second-order valence-corrected chi connectivity index (χ2v) is 17.1. The smallest absolute Gasteiger partial charge is 0.171 e. The van der Waals surface area contributed by atoms with Gasteiger partial charge in [0.15, 0.2) is 11.4 Å². The molecule has 0 spiro atoms. The van der Waals surface area contributed by atoms with Crippen LogP contribution in [0.5, 0.6) is 0 Å². The van der Waals surface area contributed by atoms with Crippen molar-refractivity contribution in [3.05, 3.63) is 36.3 Å². The monoisotopic (exact) mass is 479 g/mol. The average Bonchev–Trinajstić information content (AvgIpc) is 3.43. The lowest BCUT2D eigenvalue weighted by Gasteiger charge is -2.17. The Morgan fingerprint density at radius 2 is 1.85 bits per heavy atom. The summed E-state index contributed by atoms with van der Waals surface area (Å²) in [5.41, 5.74) is 3.94. The molecule has 0 amide bonds. The first-order valence-corrected chi connectivity index (χ1v) is 15.9. The molecule has 0 saturated carbocycles. The first-order valence-electron chi connectivity index (χ1n) is 12.2. The molecule has 4 heterocycles. The summed E-state index contributed by atoms with van der Waals surface area (Å²) in [5.74, 6) is 0.0450. The van der Waals surface area contributed by atoms with Crippen LogP contribution in [0.2, 0.25) is 25.7 Å². The maximum absolute atomic E-state index is 13.3. The fourth-order valence-corrected chi connectivity index (χ4v) is 4.87. The largest absolute Gasteiger partial charge is 0.371 e. The molecule has 0 bridgehead atoms. The summed E-state index contributed by atoms with van der Waals surface area (Å²) in [5, 5.41) is 0. The molecular formula is C26H37N5O2Si. The number of rotatable bonds is 8. The van der Waals surface area contributed by atoms with Crippen LogP contribution in [0.25, 0.3) is 22.6 Å². The second kappa shape index (κ2) is 9.58. The maximum atomic E-state index is 13.3. The van der Waals surface area contributed by atoms with E-state index in [0.717, 1.165) is 30.5 Å². The third-order valence-electron chi connectivity index (χ3n) is 6.20. The fourth-order valence-electron chi connectivity index (χ4n) is 4.12. The average molecular weight is 480 g/mol. The van der Waals surface area contributed by atoms with Crippen LogP contribution in [-0.2, 0) is 11.5 Å². The predicted octanol–water partition coefficient (Wildman–Crippen LogP) is 5.63. The fraction of sp³-hybridized carbons (Fsp3) is 0.538. The molecule has 0 N–H and O–H groups in total. The van der Waals surface area contributed by atoms with E-state index in [4.69, 9.17) is 14.7 Å². The summed E-state index contributed by atoms with van der Waals surface area (Å²) in [4.78, 5) is 29.8. The van der Waals surface area contributed by atoms with Crippen LogP contribution in [0, 0.1) is 5.41 Å². The van der Waals surface area contributed by atoms with Crippen LogP contribution in [0.15, 0.2) is 30.7 Å². The van der Waals surface area contributed by atoms with Gasteiger partial charge < -0.3 is 14.2 Å². The van der Waals surface area contributed by atoms with Crippen molar-refractivity contribution in [1.29, 1.82) is 0 Å². The Labute approximate surface area is 203 Å². The second-order valence-electron chi connectivity index (χ2n) is 11.5. The molecule has 1 aliphatic rings. The number of Topliss-reactive ketones (excluding diaryl/α,β-unsaturated/α-hetero) is 1. The maximum Gasteiger partial charge on any atom is 0.171 e. The van der Waals surface area contributed by atoms with Gasteiger partial charge in [-0.3, -0.25) is 9.78 Å². The molecule has 34 heavy (non-hydrogen) atoms. The van der Waals surface area contributed by atoms with E-state index in [9.17, 15) is 4.79 Å². The Morgan fingerprint density at radius 1 is 1.12 bits per heavy atom. The van der Waals surface area contributed by atoms with Gasteiger partial charge in [0.2, 0.25) is 0 Å². The van der Waals surface area contributed by atoms with Crippen molar-refractivity contribution in [2.45, 2.75) is 66.0 Å². The van der Waals surface area contributed by atoms with Gasteiger partial charge in [-0.05, 0) is 31.0 Å². The molecule has 0 atom stereocenters.